The average Bonchev–Trinajstić information content (AvgIpc) is 0.722. The fraction of sp³-hybridized carbons (Fsp3) is 0. The van der Waals surface area contributed by atoms with Crippen molar-refractivity contribution in [3.63, 3.8) is 0 Å². The Morgan fingerprint density at radius 3 is 1.17 bits per heavy atom. The maximum absolute atomic E-state index is 8.82. The third-order valence-electron chi connectivity index (χ3n) is 0. The molecule has 36 valence electrons. The molecule has 0 saturated carbocycles. The fourth-order valence-corrected chi connectivity index (χ4v) is 0. The summed E-state index contributed by atoms with van der Waals surface area (Å²) >= 11 is -5.25. The van der Waals surface area contributed by atoms with Gasteiger partial charge in [0.25, 0.3) is 0 Å². The fourth-order valence-electron chi connectivity index (χ4n) is 0. The monoisotopic (exact) mass is 236 g/mol. The van der Waals surface area contributed by atoms with Gasteiger partial charge in [0.15, 0.2) is 0 Å². The van der Waals surface area contributed by atoms with Crippen molar-refractivity contribution in [2.45, 2.75) is 0 Å². The molecule has 4 nitrogen and oxygen atoms in total. The zero-order chi connectivity index (χ0) is 4.50. The minimum absolute atomic E-state index is 0. The standard InChI is InChI=1S/H2O4Se.Zr/c1-5(2,3)4;/h(H2,1,2,3,4);. The van der Waals surface area contributed by atoms with Crippen LogP contribution in [0, 0.1) is 0 Å². The van der Waals surface area contributed by atoms with Crippen LogP contribution in [-0.4, -0.2) is 21.7 Å². The summed E-state index contributed by atoms with van der Waals surface area (Å²) in [6.07, 6.45) is 0. The molecule has 0 atom stereocenters. The summed E-state index contributed by atoms with van der Waals surface area (Å²) in [7, 11) is 0. The Morgan fingerprint density at radius 2 is 1.17 bits per heavy atom. The van der Waals surface area contributed by atoms with E-state index in [2.05, 4.69) is 0 Å². The van der Waals surface area contributed by atoms with Crippen molar-refractivity contribution in [2.24, 2.45) is 0 Å². The van der Waals surface area contributed by atoms with Gasteiger partial charge in [-0.15, -0.1) is 0 Å². The second kappa shape index (κ2) is 2.99. The predicted octanol–water partition coefficient (Wildman–Crippen LogP) is -1.73. The molecular formula is H2O4SeZr. The Morgan fingerprint density at radius 1 is 1.17 bits per heavy atom. The van der Waals surface area contributed by atoms with Crippen LogP contribution in [0.3, 0.4) is 0 Å². The molecule has 0 radical (unpaired) electrons. The van der Waals surface area contributed by atoms with Crippen LogP contribution in [0.4, 0.5) is 0 Å². The minimum atomic E-state index is -5.25. The van der Waals surface area contributed by atoms with E-state index < -0.39 is 13.4 Å². The summed E-state index contributed by atoms with van der Waals surface area (Å²) in [6, 6.07) is 0. The summed E-state index contributed by atoms with van der Waals surface area (Å²) in [5.74, 6) is 0. The summed E-state index contributed by atoms with van der Waals surface area (Å²) in [5.41, 5.74) is 0. The number of hydrogen-bond acceptors (Lipinski definition) is 2. The zero-order valence-corrected chi connectivity index (χ0v) is 6.79. The van der Waals surface area contributed by atoms with Gasteiger partial charge in [0.2, 0.25) is 0 Å². The molecule has 0 aromatic carbocycles. The molecule has 0 unspecified atom stereocenters. The first-order valence-electron chi connectivity index (χ1n) is 0.698. The van der Waals surface area contributed by atoms with Crippen LogP contribution >= 0.6 is 0 Å². The molecule has 0 rings (SSSR count). The van der Waals surface area contributed by atoms with Gasteiger partial charge in [0, 0.05) is 26.2 Å². The third kappa shape index (κ3) is 89.0. The summed E-state index contributed by atoms with van der Waals surface area (Å²) in [4.78, 5) is 0. The van der Waals surface area contributed by atoms with Crippen molar-refractivity contribution in [3.05, 3.63) is 0 Å². The van der Waals surface area contributed by atoms with Crippen molar-refractivity contribution >= 4 is 13.4 Å². The van der Waals surface area contributed by atoms with Crippen LogP contribution in [0.5, 0.6) is 0 Å². The average molecular weight is 236 g/mol. The smallest absolute Gasteiger partial charge is 0 e. The molecule has 2 N–H and O–H groups in total. The van der Waals surface area contributed by atoms with Crippen LogP contribution in [0.1, 0.15) is 0 Å². The molecular weight excluding hydrogens is 234 g/mol. The van der Waals surface area contributed by atoms with E-state index in [0.29, 0.717) is 0 Å². The Hall–Kier alpha value is 0.923. The van der Waals surface area contributed by atoms with Gasteiger partial charge in [-0.25, -0.2) is 0 Å². The topological polar surface area (TPSA) is 74.6 Å². The molecule has 6 heavy (non-hydrogen) atoms. The van der Waals surface area contributed by atoms with E-state index in [-0.39, 0.29) is 26.2 Å². The Labute approximate surface area is 55.6 Å². The van der Waals surface area contributed by atoms with E-state index in [9.17, 15) is 0 Å². The van der Waals surface area contributed by atoms with Gasteiger partial charge in [-0.3, -0.25) is 0 Å². The SMILES string of the molecule is O=[Se](=O)(O)O.[Zr]. The van der Waals surface area contributed by atoms with Crippen LogP contribution in [-0.2, 0) is 33.9 Å². The third-order valence-corrected chi connectivity index (χ3v) is 0. The molecule has 6 heteroatoms. The maximum atomic E-state index is 8.82. The maximum Gasteiger partial charge on any atom is 0 e. The van der Waals surface area contributed by atoms with Gasteiger partial charge in [0.05, 0.1) is 0 Å². The van der Waals surface area contributed by atoms with Gasteiger partial charge in [-0.2, -0.15) is 0 Å². The minimum Gasteiger partial charge on any atom is 0 e. The first kappa shape index (κ1) is 10.0. The van der Waals surface area contributed by atoms with E-state index in [4.69, 9.17) is 16.0 Å². The predicted molar refractivity (Wildman–Crippen MR) is 11.6 cm³/mol. The van der Waals surface area contributed by atoms with Crippen LogP contribution in [0.15, 0.2) is 0 Å². The Bertz CT molecular complexity index is 90.7. The van der Waals surface area contributed by atoms with Gasteiger partial charge in [0.1, 0.15) is 0 Å². The largest absolute Gasteiger partial charge is 0 e. The van der Waals surface area contributed by atoms with E-state index in [1.165, 1.54) is 0 Å². The van der Waals surface area contributed by atoms with Gasteiger partial charge < -0.3 is 0 Å². The molecule has 0 aliphatic rings. The summed E-state index contributed by atoms with van der Waals surface area (Å²) in [5, 5.41) is 0. The molecule has 0 amide bonds. The molecule has 0 aromatic rings. The van der Waals surface area contributed by atoms with Crippen molar-refractivity contribution in [2.75, 3.05) is 0 Å². The molecule has 0 saturated heterocycles. The summed E-state index contributed by atoms with van der Waals surface area (Å²) < 4.78 is 31.9. The van der Waals surface area contributed by atoms with Crippen LogP contribution in [0.25, 0.3) is 0 Å². The first-order chi connectivity index (χ1) is 2.00. The van der Waals surface area contributed by atoms with Crippen molar-refractivity contribution in [3.8, 4) is 0 Å². The first-order valence-corrected chi connectivity index (χ1v) is 3.63. The van der Waals surface area contributed by atoms with Gasteiger partial charge >= 0.3 is 29.4 Å². The van der Waals surface area contributed by atoms with Crippen LogP contribution < -0.4 is 0 Å². The van der Waals surface area contributed by atoms with Crippen molar-refractivity contribution in [1.82, 2.24) is 0 Å². The van der Waals surface area contributed by atoms with E-state index >= 15 is 0 Å². The Kier molecular flexibility index (Phi) is 5.00. The second-order valence-electron chi connectivity index (χ2n) is 0.448. The van der Waals surface area contributed by atoms with E-state index in [1.807, 2.05) is 0 Å². The van der Waals surface area contributed by atoms with Crippen molar-refractivity contribution < 1.29 is 42.3 Å². The summed E-state index contributed by atoms with van der Waals surface area (Å²) in [6.45, 7) is 0. The van der Waals surface area contributed by atoms with Gasteiger partial charge in [-0.1, -0.05) is 0 Å². The normalized spacial score (nSPS) is 9.67. The second-order valence-corrected chi connectivity index (χ2v) is 2.33. The zero-order valence-electron chi connectivity index (χ0n) is 2.62. The number of rotatable bonds is 0. The van der Waals surface area contributed by atoms with E-state index in [0.717, 1.165) is 0 Å². The van der Waals surface area contributed by atoms with E-state index in [1.54, 1.807) is 0 Å². The van der Waals surface area contributed by atoms with Gasteiger partial charge in [-0.05, 0) is 0 Å². The van der Waals surface area contributed by atoms with Crippen LogP contribution in [0.2, 0.25) is 0 Å². The molecule has 0 bridgehead atoms. The Balaban J connectivity index is 0. The quantitative estimate of drug-likeness (QED) is 0.490. The molecule has 0 aliphatic heterocycles. The van der Waals surface area contributed by atoms with Crippen molar-refractivity contribution in [1.29, 1.82) is 0 Å². The molecule has 0 fully saturated rings. The molecule has 0 spiro atoms. The molecule has 0 aromatic heterocycles. The molecule has 0 heterocycles. The molecule has 0 aliphatic carbocycles. The number of hydrogen-bond donors (Lipinski definition) is 2.